The molecule has 0 unspecified atom stereocenters. The predicted molar refractivity (Wildman–Crippen MR) is 27.2 cm³/mol. The molecule has 0 atom stereocenters. The van der Waals surface area contributed by atoms with E-state index in [4.69, 9.17) is 0 Å². The van der Waals surface area contributed by atoms with Gasteiger partial charge in [-0.15, -0.1) is 0 Å². The third-order valence-electron chi connectivity index (χ3n) is 0.657. The normalized spacial score (nSPS) is 11.4. The van der Waals surface area contributed by atoms with Crippen LogP contribution in [0.5, 0.6) is 0 Å². The van der Waals surface area contributed by atoms with Crippen LogP contribution < -0.4 is 0 Å². The van der Waals surface area contributed by atoms with Gasteiger partial charge in [0.15, 0.2) is 0 Å². The first-order valence-corrected chi connectivity index (χ1v) is 2.41. The summed E-state index contributed by atoms with van der Waals surface area (Å²) in [5.74, 6) is -1.59. The van der Waals surface area contributed by atoms with Crippen LogP contribution in [0.25, 0.3) is 0 Å². The molecule has 6 heteroatoms. The van der Waals surface area contributed by atoms with Crippen molar-refractivity contribution in [2.75, 3.05) is 0 Å². The molecule has 0 heterocycles. The van der Waals surface area contributed by atoms with Crippen molar-refractivity contribution in [2.24, 2.45) is 0 Å². The molecule has 0 aliphatic carbocycles. The van der Waals surface area contributed by atoms with E-state index < -0.39 is 18.5 Å². The molecule has 0 aromatic carbocycles. The van der Waals surface area contributed by atoms with Crippen LogP contribution in [-0.4, -0.2) is 18.5 Å². The minimum absolute atomic E-state index is 0.371. The molecule has 2 nitrogen and oxygen atoms in total. The molecule has 0 aliphatic heterocycles. The average Bonchev–Trinajstić information content (AvgIpc) is 1.86. The maximum Gasteiger partial charge on any atom is 0.463 e. The van der Waals surface area contributed by atoms with Crippen molar-refractivity contribution in [1.29, 1.82) is 0 Å². The standard InChI is InChI=1S/C5H4F4O2/c1-2-3(10)11-5(8,9)4(6)7/h2,4H,1H2. The van der Waals surface area contributed by atoms with E-state index in [0.717, 1.165) is 0 Å². The number of halogens is 4. The maximum atomic E-state index is 11.7. The van der Waals surface area contributed by atoms with E-state index in [1.807, 2.05) is 0 Å². The lowest BCUT2D eigenvalue weighted by Gasteiger charge is -2.13. The molecule has 0 N–H and O–H groups in total. The van der Waals surface area contributed by atoms with Gasteiger partial charge in [-0.05, 0) is 0 Å². The Morgan fingerprint density at radius 1 is 1.55 bits per heavy atom. The molecule has 0 amide bonds. The Bertz CT molecular complexity index is 166. The molecule has 0 fully saturated rings. The Hall–Kier alpha value is -1.07. The number of carbonyl (C=O) groups is 1. The van der Waals surface area contributed by atoms with Gasteiger partial charge in [0.2, 0.25) is 0 Å². The predicted octanol–water partition coefficient (Wildman–Crippen LogP) is 1.57. The first-order chi connectivity index (χ1) is 4.90. The van der Waals surface area contributed by atoms with E-state index in [1.165, 1.54) is 0 Å². The first-order valence-electron chi connectivity index (χ1n) is 2.41. The number of hydrogen-bond donors (Lipinski definition) is 0. The molecule has 0 spiro atoms. The Balaban J connectivity index is 4.11. The molecule has 0 saturated carbocycles. The summed E-state index contributed by atoms with van der Waals surface area (Å²) in [5.41, 5.74) is 0. The molecule has 0 aromatic rings. The van der Waals surface area contributed by atoms with Crippen LogP contribution in [0, 0.1) is 0 Å². The summed E-state index contributed by atoms with van der Waals surface area (Å²) in [4.78, 5) is 9.98. The highest BCUT2D eigenvalue weighted by Crippen LogP contribution is 2.24. The summed E-state index contributed by atoms with van der Waals surface area (Å²) >= 11 is 0. The molecule has 0 rings (SSSR count). The number of esters is 1. The van der Waals surface area contributed by atoms with Gasteiger partial charge < -0.3 is 4.74 Å². The van der Waals surface area contributed by atoms with Crippen LogP contribution in [0.2, 0.25) is 0 Å². The van der Waals surface area contributed by atoms with Gasteiger partial charge >= 0.3 is 18.5 Å². The second kappa shape index (κ2) is 3.36. The third-order valence-corrected chi connectivity index (χ3v) is 0.657. The Morgan fingerprint density at radius 2 is 2.00 bits per heavy atom. The molecule has 11 heavy (non-hydrogen) atoms. The van der Waals surface area contributed by atoms with Gasteiger partial charge in [-0.1, -0.05) is 6.58 Å². The fourth-order valence-corrected chi connectivity index (χ4v) is 0.220. The van der Waals surface area contributed by atoms with Crippen LogP contribution in [0.15, 0.2) is 12.7 Å². The third kappa shape index (κ3) is 3.01. The lowest BCUT2D eigenvalue weighted by atomic mass is 10.6. The molecule has 0 aliphatic rings. The SMILES string of the molecule is C=CC(=O)OC(F)(F)C(F)F. The molecular weight excluding hydrogens is 168 g/mol. The number of hydrogen-bond acceptors (Lipinski definition) is 2. The van der Waals surface area contributed by atoms with E-state index in [2.05, 4.69) is 11.3 Å². The number of rotatable bonds is 3. The van der Waals surface area contributed by atoms with Crippen molar-refractivity contribution in [1.82, 2.24) is 0 Å². The van der Waals surface area contributed by atoms with Gasteiger partial charge in [-0.2, -0.15) is 17.6 Å². The van der Waals surface area contributed by atoms with Crippen LogP contribution in [0.1, 0.15) is 0 Å². The highest BCUT2D eigenvalue weighted by atomic mass is 19.3. The van der Waals surface area contributed by atoms with Crippen molar-refractivity contribution < 1.29 is 27.1 Å². The highest BCUT2D eigenvalue weighted by Gasteiger charge is 2.44. The minimum atomic E-state index is -4.73. The summed E-state index contributed by atoms with van der Waals surface area (Å²) in [6, 6.07) is 0. The van der Waals surface area contributed by atoms with Gasteiger partial charge in [0.1, 0.15) is 0 Å². The fourth-order valence-electron chi connectivity index (χ4n) is 0.220. The summed E-state index contributed by atoms with van der Waals surface area (Å²) < 4.78 is 49.0. The summed E-state index contributed by atoms with van der Waals surface area (Å²) in [6.45, 7) is 2.75. The van der Waals surface area contributed by atoms with Crippen LogP contribution >= 0.6 is 0 Å². The van der Waals surface area contributed by atoms with E-state index >= 15 is 0 Å². The van der Waals surface area contributed by atoms with Gasteiger partial charge in [0, 0.05) is 6.08 Å². The van der Waals surface area contributed by atoms with Crippen molar-refractivity contribution in [3.63, 3.8) is 0 Å². The van der Waals surface area contributed by atoms with Gasteiger partial charge in [0.25, 0.3) is 0 Å². The monoisotopic (exact) mass is 172 g/mol. The minimum Gasteiger partial charge on any atom is -0.393 e. The number of carbonyl (C=O) groups excluding carboxylic acids is 1. The second-order valence-electron chi connectivity index (χ2n) is 1.49. The van der Waals surface area contributed by atoms with E-state index in [0.29, 0.717) is 6.08 Å². The Labute approximate surface area is 59.4 Å². The van der Waals surface area contributed by atoms with Crippen LogP contribution in [0.3, 0.4) is 0 Å². The van der Waals surface area contributed by atoms with Crippen molar-refractivity contribution >= 4 is 5.97 Å². The smallest absolute Gasteiger partial charge is 0.393 e. The molecule has 0 saturated heterocycles. The molecular formula is C5H4F4O2. The lowest BCUT2D eigenvalue weighted by molar-refractivity contribution is -0.282. The Kier molecular flexibility index (Phi) is 3.03. The summed E-state index contributed by atoms with van der Waals surface area (Å²) in [7, 11) is 0. The number of alkyl halides is 4. The zero-order valence-corrected chi connectivity index (χ0v) is 5.19. The second-order valence-corrected chi connectivity index (χ2v) is 1.49. The first kappa shape index (κ1) is 9.93. The van der Waals surface area contributed by atoms with E-state index in [1.54, 1.807) is 0 Å². The lowest BCUT2D eigenvalue weighted by Crippen LogP contribution is -2.32. The topological polar surface area (TPSA) is 26.3 Å². The number of ether oxygens (including phenoxy) is 1. The van der Waals surface area contributed by atoms with E-state index in [9.17, 15) is 22.4 Å². The van der Waals surface area contributed by atoms with Crippen LogP contribution in [-0.2, 0) is 9.53 Å². The van der Waals surface area contributed by atoms with Gasteiger partial charge in [-0.3, -0.25) is 0 Å². The quantitative estimate of drug-likeness (QED) is 0.367. The largest absolute Gasteiger partial charge is 0.463 e. The Morgan fingerprint density at radius 3 is 2.27 bits per heavy atom. The molecule has 0 aromatic heterocycles. The molecule has 0 bridgehead atoms. The van der Waals surface area contributed by atoms with Crippen LogP contribution in [0.4, 0.5) is 17.6 Å². The fraction of sp³-hybridized carbons (Fsp3) is 0.400. The van der Waals surface area contributed by atoms with Crippen molar-refractivity contribution in [3.05, 3.63) is 12.7 Å². The summed E-state index contributed by atoms with van der Waals surface area (Å²) in [5, 5.41) is 0. The van der Waals surface area contributed by atoms with Gasteiger partial charge in [0.05, 0.1) is 0 Å². The highest BCUT2D eigenvalue weighted by molar-refractivity contribution is 5.81. The zero-order valence-electron chi connectivity index (χ0n) is 5.19. The van der Waals surface area contributed by atoms with Crippen molar-refractivity contribution in [3.8, 4) is 0 Å². The summed E-state index contributed by atoms with van der Waals surface area (Å²) in [6.07, 6.45) is -8.38. The zero-order chi connectivity index (χ0) is 9.07. The molecule has 0 radical (unpaired) electrons. The van der Waals surface area contributed by atoms with E-state index in [-0.39, 0.29) is 0 Å². The molecule has 64 valence electrons. The maximum absolute atomic E-state index is 11.7. The van der Waals surface area contributed by atoms with Crippen molar-refractivity contribution in [2.45, 2.75) is 12.5 Å². The average molecular weight is 172 g/mol. The van der Waals surface area contributed by atoms with Gasteiger partial charge in [-0.25, -0.2) is 4.79 Å².